The fraction of sp³-hybridized carbons (Fsp3) is 0.480. The highest BCUT2D eigenvalue weighted by Gasteiger charge is 2.34. The molecule has 3 rings (SSSR count). The maximum Gasteiger partial charge on any atom is 0.243 e. The number of benzene rings is 2. The number of hydrogen-bond acceptors (Lipinski definition) is 4. The molecule has 1 saturated heterocycles. The summed E-state index contributed by atoms with van der Waals surface area (Å²) in [6.07, 6.45) is 0. The van der Waals surface area contributed by atoms with Crippen molar-refractivity contribution in [3.05, 3.63) is 57.6 Å². The summed E-state index contributed by atoms with van der Waals surface area (Å²) in [6.45, 7) is 15.3. The Bertz CT molecular complexity index is 1090. The molecular weight excluding hydrogens is 422 g/mol. The first kappa shape index (κ1) is 24.4. The fourth-order valence-corrected chi connectivity index (χ4v) is 6.43. The molecule has 0 aromatic heterocycles. The molecule has 174 valence electrons. The van der Waals surface area contributed by atoms with Crippen LogP contribution in [0.4, 0.5) is 5.69 Å². The zero-order chi connectivity index (χ0) is 23.8. The first-order chi connectivity index (χ1) is 14.9. The third kappa shape index (κ3) is 4.60. The van der Waals surface area contributed by atoms with Crippen LogP contribution in [-0.4, -0.2) is 55.8 Å². The maximum absolute atomic E-state index is 13.5. The van der Waals surface area contributed by atoms with E-state index in [2.05, 4.69) is 10.2 Å². The van der Waals surface area contributed by atoms with E-state index in [1.165, 1.54) is 0 Å². The van der Waals surface area contributed by atoms with E-state index < -0.39 is 10.0 Å². The predicted molar refractivity (Wildman–Crippen MR) is 130 cm³/mol. The molecule has 2 aromatic carbocycles. The lowest BCUT2D eigenvalue weighted by atomic mass is 10.0. The number of amides is 1. The highest BCUT2D eigenvalue weighted by Crippen LogP contribution is 2.29. The lowest BCUT2D eigenvalue weighted by molar-refractivity contribution is -0.121. The molecule has 1 aliphatic rings. The average Bonchev–Trinajstić information content (AvgIpc) is 2.74. The van der Waals surface area contributed by atoms with Crippen LogP contribution in [0.25, 0.3) is 0 Å². The fourth-order valence-electron chi connectivity index (χ4n) is 4.43. The van der Waals surface area contributed by atoms with Gasteiger partial charge in [-0.1, -0.05) is 24.3 Å². The minimum absolute atomic E-state index is 0.0697. The van der Waals surface area contributed by atoms with E-state index in [1.807, 2.05) is 72.7 Å². The van der Waals surface area contributed by atoms with Gasteiger partial charge in [-0.05, 0) is 81.8 Å². The molecule has 1 aliphatic heterocycles. The van der Waals surface area contributed by atoms with E-state index in [4.69, 9.17) is 0 Å². The first-order valence-electron chi connectivity index (χ1n) is 11.1. The van der Waals surface area contributed by atoms with Gasteiger partial charge < -0.3 is 5.32 Å². The molecule has 2 aromatic rings. The standard InChI is InChI=1S/C25H35N3O3S/c1-16-9-8-10-17(2)23(16)26-25(29)22(7)27-11-13-28(14-12-27)32(30,31)24-20(5)18(3)15-19(4)21(24)6/h8-10,15,22H,11-14H2,1-7H3,(H,26,29). The minimum Gasteiger partial charge on any atom is -0.324 e. The second kappa shape index (κ2) is 9.33. The molecule has 32 heavy (non-hydrogen) atoms. The molecule has 1 amide bonds. The number of rotatable bonds is 5. The highest BCUT2D eigenvalue weighted by molar-refractivity contribution is 7.89. The van der Waals surface area contributed by atoms with Crippen LogP contribution in [0.5, 0.6) is 0 Å². The van der Waals surface area contributed by atoms with Crippen molar-refractivity contribution >= 4 is 21.6 Å². The molecule has 1 unspecified atom stereocenters. The van der Waals surface area contributed by atoms with Gasteiger partial charge >= 0.3 is 0 Å². The van der Waals surface area contributed by atoms with Crippen molar-refractivity contribution in [2.24, 2.45) is 0 Å². The van der Waals surface area contributed by atoms with Crippen LogP contribution in [0.1, 0.15) is 40.3 Å². The normalized spacial score (nSPS) is 16.7. The predicted octanol–water partition coefficient (Wildman–Crippen LogP) is 3.87. The summed E-state index contributed by atoms with van der Waals surface area (Å²) in [5.74, 6) is -0.0697. The zero-order valence-corrected chi connectivity index (χ0v) is 21.1. The number of sulfonamides is 1. The van der Waals surface area contributed by atoms with Gasteiger partial charge in [-0.3, -0.25) is 9.69 Å². The molecule has 1 fully saturated rings. The molecule has 0 spiro atoms. The molecule has 1 N–H and O–H groups in total. The number of para-hydroxylation sites is 1. The Labute approximate surface area is 192 Å². The molecule has 6 nitrogen and oxygen atoms in total. The number of anilines is 1. The Morgan fingerprint density at radius 3 is 1.88 bits per heavy atom. The van der Waals surface area contributed by atoms with Crippen molar-refractivity contribution in [3.8, 4) is 0 Å². The summed E-state index contributed by atoms with van der Waals surface area (Å²) in [5, 5.41) is 3.06. The Morgan fingerprint density at radius 2 is 1.38 bits per heavy atom. The maximum atomic E-state index is 13.5. The van der Waals surface area contributed by atoms with Crippen LogP contribution in [0.2, 0.25) is 0 Å². The SMILES string of the molecule is Cc1cc(C)c(C)c(S(=O)(=O)N2CCN(C(C)C(=O)Nc3c(C)cccc3C)CC2)c1C. The van der Waals surface area contributed by atoms with E-state index >= 15 is 0 Å². The number of hydrogen-bond donors (Lipinski definition) is 1. The van der Waals surface area contributed by atoms with E-state index in [0.717, 1.165) is 39.1 Å². The van der Waals surface area contributed by atoms with Crippen LogP contribution in [0.3, 0.4) is 0 Å². The number of nitrogens with zero attached hydrogens (tertiary/aromatic N) is 2. The summed E-state index contributed by atoms with van der Waals surface area (Å²) in [7, 11) is -3.59. The molecule has 0 aliphatic carbocycles. The number of carbonyl (C=O) groups is 1. The van der Waals surface area contributed by atoms with E-state index in [0.29, 0.717) is 31.1 Å². The van der Waals surface area contributed by atoms with Crippen LogP contribution >= 0.6 is 0 Å². The van der Waals surface area contributed by atoms with Gasteiger partial charge in [0, 0.05) is 31.9 Å². The largest absolute Gasteiger partial charge is 0.324 e. The van der Waals surface area contributed by atoms with Crippen molar-refractivity contribution in [3.63, 3.8) is 0 Å². The molecule has 7 heteroatoms. The van der Waals surface area contributed by atoms with Crippen molar-refractivity contribution in [1.29, 1.82) is 0 Å². The van der Waals surface area contributed by atoms with Gasteiger partial charge in [0.2, 0.25) is 15.9 Å². The first-order valence-corrected chi connectivity index (χ1v) is 12.6. The third-order valence-electron chi connectivity index (χ3n) is 6.82. The summed E-state index contributed by atoms with van der Waals surface area (Å²) < 4.78 is 28.5. The average molecular weight is 458 g/mol. The topological polar surface area (TPSA) is 69.7 Å². The zero-order valence-electron chi connectivity index (χ0n) is 20.2. The van der Waals surface area contributed by atoms with Gasteiger partial charge in [-0.15, -0.1) is 0 Å². The van der Waals surface area contributed by atoms with Gasteiger partial charge in [0.05, 0.1) is 10.9 Å². The van der Waals surface area contributed by atoms with Crippen molar-refractivity contribution in [2.75, 3.05) is 31.5 Å². The number of piperazine rings is 1. The van der Waals surface area contributed by atoms with Gasteiger partial charge in [0.25, 0.3) is 0 Å². The molecule has 1 heterocycles. The van der Waals surface area contributed by atoms with Crippen molar-refractivity contribution in [1.82, 2.24) is 9.21 Å². The highest BCUT2D eigenvalue weighted by atomic mass is 32.2. The molecule has 1 atom stereocenters. The van der Waals surface area contributed by atoms with Crippen LogP contribution in [-0.2, 0) is 14.8 Å². The van der Waals surface area contributed by atoms with Crippen LogP contribution in [0.15, 0.2) is 29.2 Å². The van der Waals surface area contributed by atoms with E-state index in [1.54, 1.807) is 4.31 Å². The number of aryl methyl sites for hydroxylation is 4. The number of carbonyl (C=O) groups excluding carboxylic acids is 1. The molecule has 0 radical (unpaired) electrons. The number of nitrogens with one attached hydrogen (secondary N) is 1. The Hall–Kier alpha value is -2.22. The Morgan fingerprint density at radius 1 is 0.875 bits per heavy atom. The second-order valence-electron chi connectivity index (χ2n) is 8.96. The smallest absolute Gasteiger partial charge is 0.243 e. The third-order valence-corrected chi connectivity index (χ3v) is 9.00. The summed E-state index contributed by atoms with van der Waals surface area (Å²) in [4.78, 5) is 15.4. The Balaban J connectivity index is 1.72. The van der Waals surface area contributed by atoms with Gasteiger partial charge in [0.15, 0.2) is 0 Å². The lowest BCUT2D eigenvalue weighted by Crippen LogP contribution is -2.54. The summed E-state index contributed by atoms with van der Waals surface area (Å²) in [6, 6.07) is 7.63. The van der Waals surface area contributed by atoms with E-state index in [9.17, 15) is 13.2 Å². The second-order valence-corrected chi connectivity index (χ2v) is 10.8. The lowest BCUT2D eigenvalue weighted by Gasteiger charge is -2.37. The van der Waals surface area contributed by atoms with Crippen LogP contribution in [0, 0.1) is 41.5 Å². The monoisotopic (exact) mass is 457 g/mol. The Kier molecular flexibility index (Phi) is 7.12. The van der Waals surface area contributed by atoms with Crippen LogP contribution < -0.4 is 5.32 Å². The minimum atomic E-state index is -3.59. The van der Waals surface area contributed by atoms with Gasteiger partial charge in [-0.25, -0.2) is 8.42 Å². The molecule has 0 saturated carbocycles. The van der Waals surface area contributed by atoms with E-state index in [-0.39, 0.29) is 11.9 Å². The molecular formula is C25H35N3O3S. The van der Waals surface area contributed by atoms with Crippen molar-refractivity contribution < 1.29 is 13.2 Å². The summed E-state index contributed by atoms with van der Waals surface area (Å²) >= 11 is 0. The quantitative estimate of drug-likeness (QED) is 0.740. The van der Waals surface area contributed by atoms with Gasteiger partial charge in [-0.2, -0.15) is 4.31 Å². The van der Waals surface area contributed by atoms with Gasteiger partial charge in [0.1, 0.15) is 0 Å². The molecule has 0 bridgehead atoms. The summed E-state index contributed by atoms with van der Waals surface area (Å²) in [5.41, 5.74) is 6.52. The van der Waals surface area contributed by atoms with Crippen molar-refractivity contribution in [2.45, 2.75) is 59.4 Å².